The summed E-state index contributed by atoms with van der Waals surface area (Å²) in [5, 5.41) is 3.17. The number of nitrogens with zero attached hydrogens (tertiary/aromatic N) is 2. The second-order valence-electron chi connectivity index (χ2n) is 7.27. The lowest BCUT2D eigenvalue weighted by atomic mass is 9.89. The fraction of sp³-hybridized carbons (Fsp3) is 0.933. The average molecular weight is 269 g/mol. The zero-order valence-corrected chi connectivity index (χ0v) is 13.7. The van der Waals surface area contributed by atoms with Crippen LogP contribution in [0.1, 0.15) is 47.5 Å². The Morgan fingerprint density at radius 2 is 1.95 bits per heavy atom. The Morgan fingerprint density at radius 1 is 1.37 bits per heavy atom. The molecule has 4 heteroatoms. The first-order chi connectivity index (χ1) is 8.61. The molecule has 112 valence electrons. The maximum Gasteiger partial charge on any atom is 0.239 e. The number of hydrogen-bond acceptors (Lipinski definition) is 3. The molecule has 0 aromatic rings. The van der Waals surface area contributed by atoms with Gasteiger partial charge in [0.15, 0.2) is 0 Å². The van der Waals surface area contributed by atoms with Crippen LogP contribution in [-0.2, 0) is 4.79 Å². The molecule has 4 nitrogen and oxygen atoms in total. The van der Waals surface area contributed by atoms with Crippen LogP contribution < -0.4 is 5.32 Å². The van der Waals surface area contributed by atoms with E-state index < -0.39 is 0 Å². The van der Waals surface area contributed by atoms with E-state index >= 15 is 0 Å². The lowest BCUT2D eigenvalue weighted by Gasteiger charge is -2.49. The van der Waals surface area contributed by atoms with Gasteiger partial charge < -0.3 is 10.2 Å². The zero-order valence-electron chi connectivity index (χ0n) is 13.7. The standard InChI is InChI=1S/C15H31N3O/c1-14(2,3)18-12(8-10-16-6)13(19)17(7)11-9-15(18,4)5/h12,16H,8-11H2,1-7H3. The lowest BCUT2D eigenvalue weighted by molar-refractivity contribution is -0.138. The molecule has 1 N–H and O–H groups in total. The largest absolute Gasteiger partial charge is 0.344 e. The smallest absolute Gasteiger partial charge is 0.239 e. The molecule has 0 saturated carbocycles. The lowest BCUT2D eigenvalue weighted by Crippen LogP contribution is -2.61. The van der Waals surface area contributed by atoms with Crippen LogP contribution in [0.4, 0.5) is 0 Å². The van der Waals surface area contributed by atoms with Crippen LogP contribution in [0, 0.1) is 0 Å². The minimum atomic E-state index is -0.0325. The van der Waals surface area contributed by atoms with Crippen molar-refractivity contribution in [3.05, 3.63) is 0 Å². The first kappa shape index (κ1) is 16.4. The van der Waals surface area contributed by atoms with Gasteiger partial charge in [0.2, 0.25) is 5.91 Å². The van der Waals surface area contributed by atoms with E-state index in [9.17, 15) is 4.79 Å². The summed E-state index contributed by atoms with van der Waals surface area (Å²) >= 11 is 0. The molecule has 1 rings (SSSR count). The van der Waals surface area contributed by atoms with Crippen LogP contribution in [0.5, 0.6) is 0 Å². The minimum absolute atomic E-state index is 0.0112. The van der Waals surface area contributed by atoms with Crippen molar-refractivity contribution in [3.63, 3.8) is 0 Å². The molecule has 1 unspecified atom stereocenters. The Morgan fingerprint density at radius 3 is 2.42 bits per heavy atom. The summed E-state index contributed by atoms with van der Waals surface area (Å²) in [6, 6.07) is -0.0325. The Labute approximate surface area is 118 Å². The summed E-state index contributed by atoms with van der Waals surface area (Å²) in [5.41, 5.74) is 0.0276. The molecule has 1 amide bonds. The van der Waals surface area contributed by atoms with Crippen molar-refractivity contribution in [2.75, 3.05) is 27.2 Å². The number of rotatable bonds is 3. The van der Waals surface area contributed by atoms with Gasteiger partial charge >= 0.3 is 0 Å². The van der Waals surface area contributed by atoms with E-state index in [0.717, 1.165) is 25.9 Å². The van der Waals surface area contributed by atoms with Crippen molar-refractivity contribution in [2.45, 2.75) is 64.6 Å². The molecular formula is C15H31N3O. The molecule has 1 aliphatic rings. The van der Waals surface area contributed by atoms with Gasteiger partial charge in [-0.3, -0.25) is 9.69 Å². The van der Waals surface area contributed by atoms with E-state index in [-0.39, 0.29) is 23.0 Å². The Balaban J connectivity index is 3.15. The molecule has 19 heavy (non-hydrogen) atoms. The molecule has 0 aromatic heterocycles. The van der Waals surface area contributed by atoms with E-state index in [2.05, 4.69) is 44.8 Å². The van der Waals surface area contributed by atoms with E-state index in [0.29, 0.717) is 0 Å². The van der Waals surface area contributed by atoms with Crippen LogP contribution in [0.3, 0.4) is 0 Å². The van der Waals surface area contributed by atoms with Crippen LogP contribution >= 0.6 is 0 Å². The molecular weight excluding hydrogens is 238 g/mol. The van der Waals surface area contributed by atoms with Crippen molar-refractivity contribution in [2.24, 2.45) is 0 Å². The monoisotopic (exact) mass is 269 g/mol. The van der Waals surface area contributed by atoms with Gasteiger partial charge in [-0.05, 0) is 61.1 Å². The topological polar surface area (TPSA) is 35.6 Å². The van der Waals surface area contributed by atoms with E-state index in [1.165, 1.54) is 0 Å². The van der Waals surface area contributed by atoms with Gasteiger partial charge in [-0.1, -0.05) is 0 Å². The predicted octanol–water partition coefficient (Wildman–Crippen LogP) is 1.71. The van der Waals surface area contributed by atoms with Gasteiger partial charge in [0, 0.05) is 24.7 Å². The van der Waals surface area contributed by atoms with E-state index in [1.807, 2.05) is 19.0 Å². The van der Waals surface area contributed by atoms with Gasteiger partial charge in [-0.25, -0.2) is 0 Å². The van der Waals surface area contributed by atoms with Gasteiger partial charge in [0.25, 0.3) is 0 Å². The van der Waals surface area contributed by atoms with Crippen molar-refractivity contribution >= 4 is 5.91 Å². The van der Waals surface area contributed by atoms with Crippen molar-refractivity contribution < 1.29 is 4.79 Å². The summed E-state index contributed by atoms with van der Waals surface area (Å²) in [5.74, 6) is 0.260. The van der Waals surface area contributed by atoms with Crippen LogP contribution in [-0.4, -0.2) is 60.0 Å². The van der Waals surface area contributed by atoms with Crippen molar-refractivity contribution in [1.82, 2.24) is 15.1 Å². The number of hydrogen-bond donors (Lipinski definition) is 1. The van der Waals surface area contributed by atoms with Crippen molar-refractivity contribution in [1.29, 1.82) is 0 Å². The highest BCUT2D eigenvalue weighted by Crippen LogP contribution is 2.34. The third kappa shape index (κ3) is 3.69. The Hall–Kier alpha value is -0.610. The molecule has 1 atom stereocenters. The molecule has 1 aliphatic heterocycles. The number of nitrogens with one attached hydrogen (secondary N) is 1. The number of carbonyl (C=O) groups is 1. The second kappa shape index (κ2) is 5.80. The van der Waals surface area contributed by atoms with E-state index in [4.69, 9.17) is 0 Å². The molecule has 0 radical (unpaired) electrons. The van der Waals surface area contributed by atoms with Crippen molar-refractivity contribution in [3.8, 4) is 0 Å². The quantitative estimate of drug-likeness (QED) is 0.847. The third-order valence-corrected chi connectivity index (χ3v) is 4.07. The Bertz CT molecular complexity index is 320. The Kier molecular flexibility index (Phi) is 5.02. The molecule has 0 aliphatic carbocycles. The van der Waals surface area contributed by atoms with Gasteiger partial charge in [-0.2, -0.15) is 0 Å². The highest BCUT2D eigenvalue weighted by atomic mass is 16.2. The first-order valence-electron chi connectivity index (χ1n) is 7.30. The third-order valence-electron chi connectivity index (χ3n) is 4.07. The molecule has 0 spiro atoms. The molecule has 0 bridgehead atoms. The van der Waals surface area contributed by atoms with E-state index in [1.54, 1.807) is 0 Å². The van der Waals surface area contributed by atoms with Crippen LogP contribution in [0.15, 0.2) is 0 Å². The van der Waals surface area contributed by atoms with Crippen LogP contribution in [0.25, 0.3) is 0 Å². The summed E-state index contributed by atoms with van der Waals surface area (Å²) in [6.45, 7) is 12.9. The number of amides is 1. The maximum absolute atomic E-state index is 12.7. The normalized spacial score (nSPS) is 25.5. The average Bonchev–Trinajstić information content (AvgIpc) is 2.35. The maximum atomic E-state index is 12.7. The van der Waals surface area contributed by atoms with Gasteiger partial charge in [-0.15, -0.1) is 0 Å². The second-order valence-corrected chi connectivity index (χ2v) is 7.27. The fourth-order valence-electron chi connectivity index (χ4n) is 3.37. The SMILES string of the molecule is CNCCC1C(=O)N(C)CCC(C)(C)N1C(C)(C)C. The summed E-state index contributed by atoms with van der Waals surface area (Å²) in [7, 11) is 3.87. The van der Waals surface area contributed by atoms with Crippen LogP contribution in [0.2, 0.25) is 0 Å². The molecule has 1 saturated heterocycles. The molecule has 1 heterocycles. The first-order valence-corrected chi connectivity index (χ1v) is 7.30. The minimum Gasteiger partial charge on any atom is -0.344 e. The predicted molar refractivity (Wildman–Crippen MR) is 80.3 cm³/mol. The summed E-state index contributed by atoms with van der Waals surface area (Å²) in [4.78, 5) is 17.0. The molecule has 1 fully saturated rings. The van der Waals surface area contributed by atoms with Gasteiger partial charge in [0.1, 0.15) is 0 Å². The highest BCUT2D eigenvalue weighted by Gasteiger charge is 2.45. The fourth-order valence-corrected chi connectivity index (χ4v) is 3.37. The summed E-state index contributed by atoms with van der Waals surface area (Å²) < 4.78 is 0. The molecule has 0 aromatic carbocycles. The van der Waals surface area contributed by atoms with Gasteiger partial charge in [0.05, 0.1) is 6.04 Å². The number of likely N-dealkylation sites (N-methyl/N-ethyl adjacent to an activating group) is 1. The number of carbonyl (C=O) groups excluding carboxylic acids is 1. The zero-order chi connectivity index (χ0) is 14.8. The highest BCUT2D eigenvalue weighted by molar-refractivity contribution is 5.82. The summed E-state index contributed by atoms with van der Waals surface area (Å²) in [6.07, 6.45) is 1.88.